The summed E-state index contributed by atoms with van der Waals surface area (Å²) >= 11 is 0. The van der Waals surface area contributed by atoms with Gasteiger partial charge in [0.25, 0.3) is 0 Å². The molecule has 0 saturated heterocycles. The van der Waals surface area contributed by atoms with Gasteiger partial charge < -0.3 is 108 Å². The first-order valence-electron chi connectivity index (χ1n) is 5.16. The molecule has 0 aliphatic heterocycles. The Kier molecular flexibility index (Phi) is 202. The third kappa shape index (κ3) is 118. The maximum atomic E-state index is 5.17. The van der Waals surface area contributed by atoms with Crippen molar-refractivity contribution in [3.63, 3.8) is 0 Å². The first kappa shape index (κ1) is 56.3. The summed E-state index contributed by atoms with van der Waals surface area (Å²) in [5, 5.41) is 3.03. The van der Waals surface area contributed by atoms with Gasteiger partial charge in [0.05, 0.1) is 0 Å². The average molecular weight is 800 g/mol. The van der Waals surface area contributed by atoms with Crippen LogP contribution in [0, 0.1) is 35.6 Å². The summed E-state index contributed by atoms with van der Waals surface area (Å²) in [7, 11) is 0. The van der Waals surface area contributed by atoms with Gasteiger partial charge in [-0.3, -0.25) is 0 Å². The van der Waals surface area contributed by atoms with Crippen molar-refractivity contribution in [1.29, 1.82) is 0 Å². The third-order valence-electron chi connectivity index (χ3n) is 0.976. The van der Waals surface area contributed by atoms with Gasteiger partial charge >= 0.3 is 60.0 Å². The summed E-state index contributed by atoms with van der Waals surface area (Å²) in [5.74, 6) is 0. The minimum atomic E-state index is 0. The van der Waals surface area contributed by atoms with Crippen LogP contribution in [-0.2, 0) is 0 Å². The van der Waals surface area contributed by atoms with Gasteiger partial charge in [-0.25, -0.2) is 0 Å². The molecule has 7 nitrogen and oxygen atoms in total. The molecule has 0 atom stereocenters. The van der Waals surface area contributed by atoms with E-state index < -0.39 is 0 Å². The number of nitrogens with one attached hydrogen (secondary N) is 1. The Balaban J connectivity index is -0.0000000134. The summed E-state index contributed by atoms with van der Waals surface area (Å²) < 4.78 is 0. The number of nitrogens with two attached hydrogens (primary N) is 6. The van der Waals surface area contributed by atoms with Crippen LogP contribution in [0.25, 0.3) is 0 Å². The van der Waals surface area contributed by atoms with Gasteiger partial charge in [-0.15, -0.1) is 0 Å². The minimum Gasteiger partial charge on any atom is -2.00 e. The fraction of sp³-hybridized carbons (Fsp3) is 1.00. The average Bonchev–Trinajstić information content (AvgIpc) is 2.30. The Morgan fingerprint density at radius 1 is 0.476 bits per heavy atom. The van der Waals surface area contributed by atoms with Crippen molar-refractivity contribution in [3.8, 4) is 0 Å². The van der Waals surface area contributed by atoms with E-state index in [0.717, 1.165) is 13.1 Å². The van der Waals surface area contributed by atoms with Gasteiger partial charge in [0, 0.05) is 52.4 Å². The van der Waals surface area contributed by atoms with Gasteiger partial charge in [0.15, 0.2) is 0 Å². The van der Waals surface area contributed by atoms with E-state index in [1.807, 2.05) is 0 Å². The Morgan fingerprint density at radius 2 is 0.667 bits per heavy atom. The Labute approximate surface area is 217 Å². The van der Waals surface area contributed by atoms with Crippen LogP contribution in [-0.4, -0.2) is 145 Å². The molecule has 0 radical (unpaired) electrons. The second-order valence-electron chi connectivity index (χ2n) is 2.48. The van der Waals surface area contributed by atoms with E-state index in [1.165, 1.54) is 0 Å². The summed E-state index contributed by atoms with van der Waals surface area (Å²) in [6.45, 7) is 5.52. The van der Waals surface area contributed by atoms with E-state index in [-0.39, 0.29) is 128 Å². The maximum Gasteiger partial charge on any atom is 5.00 e. The Bertz CT molecular complexity index is 85.6. The molecular formula is C8H29LaN7SbSe4. The molecule has 0 heterocycles. The molecule has 0 rings (SSSR count). The molecule has 0 aliphatic rings. The molecule has 0 fully saturated rings. The summed E-state index contributed by atoms with van der Waals surface area (Å²) in [4.78, 5) is 0. The van der Waals surface area contributed by atoms with Crippen LogP contribution in [0.2, 0.25) is 0 Å². The molecule has 21 heavy (non-hydrogen) atoms. The second-order valence-corrected chi connectivity index (χ2v) is 2.48. The van der Waals surface area contributed by atoms with E-state index in [4.69, 9.17) is 34.4 Å². The van der Waals surface area contributed by atoms with E-state index in [2.05, 4.69) is 5.32 Å². The van der Waals surface area contributed by atoms with Crippen LogP contribution < -0.4 is 39.7 Å². The molecule has 128 valence electrons. The van der Waals surface area contributed by atoms with E-state index in [1.54, 1.807) is 0 Å². The van der Waals surface area contributed by atoms with Crippen molar-refractivity contribution in [2.45, 2.75) is 0 Å². The number of hydrogen-bond donors (Lipinski definition) is 7. The fourth-order valence-corrected chi connectivity index (χ4v) is 0.329. The molecule has 0 aromatic heterocycles. The SMILES string of the molecule is NCCN.NCCN.NCCNCCN.[La+3].[Sb+5].[Se-2].[Se-2].[Se-2].[Se-2]. The Hall–Kier alpha value is 3.81. The molecule has 0 aliphatic carbocycles. The van der Waals surface area contributed by atoms with Gasteiger partial charge in [-0.1, -0.05) is 0 Å². The predicted molar refractivity (Wildman–Crippen MR) is 96.0 cm³/mol. The van der Waals surface area contributed by atoms with Crippen molar-refractivity contribution in [2.24, 2.45) is 34.4 Å². The van der Waals surface area contributed by atoms with Crippen molar-refractivity contribution >= 4 is 92.7 Å². The minimum absolute atomic E-state index is 0. The summed E-state index contributed by atoms with van der Waals surface area (Å²) in [6.07, 6.45) is 0. The quantitative estimate of drug-likeness (QED) is 0.104. The molecule has 0 unspecified atom stereocenters. The van der Waals surface area contributed by atoms with Crippen LogP contribution in [0.15, 0.2) is 0 Å². The maximum absolute atomic E-state index is 5.17. The number of rotatable bonds is 6. The zero-order valence-corrected chi connectivity index (χ0v) is 25.3. The first-order valence-corrected chi connectivity index (χ1v) is 5.16. The predicted octanol–water partition coefficient (Wildman–Crippen LogP) is -5.60. The van der Waals surface area contributed by atoms with Crippen molar-refractivity contribution in [3.05, 3.63) is 0 Å². The van der Waals surface area contributed by atoms with Gasteiger partial charge in [-0.05, 0) is 0 Å². The molecular weight excluding hydrogens is 771 g/mol. The standard InChI is InChI=1S/C4H13N3.2C2H8N2.La.Sb.4Se/c5-1-3-7-4-2-6;2*3-1-2-4;;;;;;/h7H,1-6H2;2*1-4H2;;;;;;/q;;;+3;+5;4*-2. The summed E-state index contributed by atoms with van der Waals surface area (Å²) in [5.41, 5.74) is 29.9. The molecule has 0 bridgehead atoms. The smallest absolute Gasteiger partial charge is 2.00 e. The molecule has 0 amide bonds. The number of hydrogen-bond acceptors (Lipinski definition) is 7. The summed E-state index contributed by atoms with van der Waals surface area (Å²) in [6, 6.07) is 0. The fourth-order valence-electron chi connectivity index (χ4n) is 0.329. The zero-order valence-electron chi connectivity index (χ0n) is 12.3. The van der Waals surface area contributed by atoms with Gasteiger partial charge in [0.2, 0.25) is 0 Å². The molecule has 0 aromatic carbocycles. The van der Waals surface area contributed by atoms with E-state index in [9.17, 15) is 0 Å². The monoisotopic (exact) mass is 803 g/mol. The molecule has 0 aromatic rings. The Morgan fingerprint density at radius 3 is 0.762 bits per heavy atom. The van der Waals surface area contributed by atoms with E-state index in [0.29, 0.717) is 39.3 Å². The van der Waals surface area contributed by atoms with Crippen LogP contribution in [0.3, 0.4) is 0 Å². The molecule has 13 heteroatoms. The van der Waals surface area contributed by atoms with Crippen LogP contribution in [0.4, 0.5) is 0 Å². The van der Waals surface area contributed by atoms with Crippen LogP contribution >= 0.6 is 0 Å². The molecule has 0 saturated carbocycles. The topological polar surface area (TPSA) is 168 Å². The normalized spacial score (nSPS) is 6.00. The first-order chi connectivity index (χ1) is 7.24. The zero-order chi connectivity index (χ0) is 12.4. The van der Waals surface area contributed by atoms with E-state index >= 15 is 0 Å². The van der Waals surface area contributed by atoms with Crippen LogP contribution in [0.1, 0.15) is 0 Å². The van der Waals surface area contributed by atoms with Crippen molar-refractivity contribution in [1.82, 2.24) is 5.32 Å². The van der Waals surface area contributed by atoms with Gasteiger partial charge in [-0.2, -0.15) is 0 Å². The second kappa shape index (κ2) is 75.5. The largest absolute Gasteiger partial charge is 5.00 e. The molecule has 0 spiro atoms. The van der Waals surface area contributed by atoms with Crippen molar-refractivity contribution < 1.29 is 35.6 Å². The van der Waals surface area contributed by atoms with Crippen molar-refractivity contribution in [2.75, 3.05) is 52.4 Å². The van der Waals surface area contributed by atoms with Gasteiger partial charge in [0.1, 0.15) is 0 Å². The molecule has 13 N–H and O–H groups in total. The van der Waals surface area contributed by atoms with Crippen LogP contribution in [0.5, 0.6) is 0 Å². The third-order valence-corrected chi connectivity index (χ3v) is 0.976.